The molecule has 1 fully saturated rings. The summed E-state index contributed by atoms with van der Waals surface area (Å²) < 4.78 is 11.7. The van der Waals surface area contributed by atoms with Crippen molar-refractivity contribution in [3.8, 4) is 0 Å². The van der Waals surface area contributed by atoms with Crippen LogP contribution >= 0.6 is 11.6 Å². The minimum Gasteiger partial charge on any atom is -0.398 e. The van der Waals surface area contributed by atoms with Gasteiger partial charge in [-0.05, 0) is 39.8 Å². The van der Waals surface area contributed by atoms with Crippen LogP contribution in [0.1, 0.15) is 38.1 Å². The minimum atomic E-state index is -0.665. The van der Waals surface area contributed by atoms with E-state index in [9.17, 15) is 4.79 Å². The van der Waals surface area contributed by atoms with Gasteiger partial charge in [0, 0.05) is 5.56 Å². The number of rotatable bonds is 2. The second kappa shape index (κ2) is 4.47. The number of pyridine rings is 1. The van der Waals surface area contributed by atoms with E-state index in [1.807, 2.05) is 27.7 Å². The molecule has 0 aliphatic carbocycles. The monoisotopic (exact) mass is 282 g/mol. The SMILES string of the molecule is CC1(C)OB(c2cc(C(N)=O)cc(Cl)n2)OC1(C)C. The zero-order valence-corrected chi connectivity index (χ0v) is 12.1. The van der Waals surface area contributed by atoms with Crippen molar-refractivity contribution in [3.63, 3.8) is 0 Å². The van der Waals surface area contributed by atoms with Crippen LogP contribution < -0.4 is 11.3 Å². The van der Waals surface area contributed by atoms with Crippen molar-refractivity contribution in [3.05, 3.63) is 22.8 Å². The Balaban J connectivity index is 2.37. The fraction of sp³-hybridized carbons (Fsp3) is 0.500. The van der Waals surface area contributed by atoms with E-state index in [-0.39, 0.29) is 10.7 Å². The second-order valence-corrected chi connectivity index (χ2v) is 5.94. The van der Waals surface area contributed by atoms with E-state index < -0.39 is 24.2 Å². The molecule has 2 rings (SSSR count). The fourth-order valence-electron chi connectivity index (χ4n) is 1.74. The van der Waals surface area contributed by atoms with E-state index in [2.05, 4.69) is 4.98 Å². The zero-order chi connectivity index (χ0) is 14.4. The fourth-order valence-corrected chi connectivity index (χ4v) is 1.96. The van der Waals surface area contributed by atoms with Crippen molar-refractivity contribution >= 4 is 30.2 Å². The molecule has 1 saturated heterocycles. The summed E-state index contributed by atoms with van der Waals surface area (Å²) in [7, 11) is -0.665. The van der Waals surface area contributed by atoms with E-state index in [0.717, 1.165) is 0 Å². The van der Waals surface area contributed by atoms with E-state index in [0.29, 0.717) is 5.59 Å². The van der Waals surface area contributed by atoms with Crippen molar-refractivity contribution < 1.29 is 14.1 Å². The van der Waals surface area contributed by atoms with Crippen molar-refractivity contribution in [2.24, 2.45) is 5.73 Å². The number of carbonyl (C=O) groups excluding carboxylic acids is 1. The molecule has 2 N–H and O–H groups in total. The molecular weight excluding hydrogens is 266 g/mol. The highest BCUT2D eigenvalue weighted by Gasteiger charge is 2.52. The number of nitrogens with zero attached hydrogens (tertiary/aromatic N) is 1. The molecule has 1 amide bonds. The normalized spacial score (nSPS) is 20.6. The lowest BCUT2D eigenvalue weighted by Gasteiger charge is -2.32. The van der Waals surface area contributed by atoms with Crippen LogP contribution in [0.2, 0.25) is 5.15 Å². The summed E-state index contributed by atoms with van der Waals surface area (Å²) >= 11 is 5.88. The van der Waals surface area contributed by atoms with Gasteiger partial charge in [-0.15, -0.1) is 0 Å². The number of primary amides is 1. The van der Waals surface area contributed by atoms with Gasteiger partial charge in [-0.25, -0.2) is 4.98 Å². The number of nitrogens with two attached hydrogens (primary N) is 1. The van der Waals surface area contributed by atoms with Gasteiger partial charge in [0.2, 0.25) is 5.91 Å². The molecule has 0 atom stereocenters. The lowest BCUT2D eigenvalue weighted by molar-refractivity contribution is 0.00578. The minimum absolute atomic E-state index is 0.181. The molecular formula is C12H16BClN2O3. The molecule has 7 heteroatoms. The third-order valence-corrected chi connectivity index (χ3v) is 3.79. The topological polar surface area (TPSA) is 74.4 Å². The Bertz CT molecular complexity index is 518. The maximum Gasteiger partial charge on any atom is 0.514 e. The Kier molecular flexibility index (Phi) is 3.37. The maximum atomic E-state index is 11.2. The smallest absolute Gasteiger partial charge is 0.398 e. The Labute approximate surface area is 117 Å². The van der Waals surface area contributed by atoms with Gasteiger partial charge in [-0.3, -0.25) is 4.79 Å². The molecule has 1 aliphatic heterocycles. The standard InChI is InChI=1S/C12H16BClN2O3/c1-11(2)12(3,4)19-13(18-11)8-5-7(10(15)17)6-9(14)16-8/h5-6H,1-4H3,(H2,15,17). The summed E-state index contributed by atoms with van der Waals surface area (Å²) in [6.07, 6.45) is 0. The third-order valence-electron chi connectivity index (χ3n) is 3.59. The molecule has 102 valence electrons. The van der Waals surface area contributed by atoms with Gasteiger partial charge in [0.1, 0.15) is 5.15 Å². The molecule has 1 aromatic rings. The number of aromatic nitrogens is 1. The van der Waals surface area contributed by atoms with E-state index in [4.69, 9.17) is 26.6 Å². The van der Waals surface area contributed by atoms with Crippen molar-refractivity contribution in [2.75, 3.05) is 0 Å². The van der Waals surface area contributed by atoms with Gasteiger partial charge in [0.25, 0.3) is 0 Å². The summed E-state index contributed by atoms with van der Waals surface area (Å²) in [5.41, 5.74) is 5.02. The van der Waals surface area contributed by atoms with Crippen molar-refractivity contribution in [1.82, 2.24) is 4.98 Å². The summed E-state index contributed by atoms with van der Waals surface area (Å²) in [6, 6.07) is 2.95. The highest BCUT2D eigenvalue weighted by atomic mass is 35.5. The number of carbonyl (C=O) groups is 1. The van der Waals surface area contributed by atoms with Gasteiger partial charge in [-0.2, -0.15) is 0 Å². The van der Waals surface area contributed by atoms with Gasteiger partial charge in [0.15, 0.2) is 0 Å². The predicted octanol–water partition coefficient (Wildman–Crippen LogP) is 1.13. The molecule has 0 radical (unpaired) electrons. The average molecular weight is 283 g/mol. The largest absolute Gasteiger partial charge is 0.514 e. The van der Waals surface area contributed by atoms with Crippen LogP contribution in [0, 0.1) is 0 Å². The first-order chi connectivity index (χ1) is 8.62. The van der Waals surface area contributed by atoms with E-state index in [1.54, 1.807) is 0 Å². The number of hydrogen-bond donors (Lipinski definition) is 1. The highest BCUT2D eigenvalue weighted by molar-refractivity contribution is 6.61. The average Bonchev–Trinajstić information content (AvgIpc) is 2.47. The number of halogens is 1. The summed E-state index contributed by atoms with van der Waals surface area (Å²) in [6.45, 7) is 7.75. The van der Waals surface area contributed by atoms with Gasteiger partial charge >= 0.3 is 7.12 Å². The lowest BCUT2D eigenvalue weighted by atomic mass is 9.83. The zero-order valence-electron chi connectivity index (χ0n) is 11.4. The van der Waals surface area contributed by atoms with Crippen LogP contribution in [-0.4, -0.2) is 29.2 Å². The summed E-state index contributed by atoms with van der Waals surface area (Å²) in [5, 5.41) is 0.181. The number of amides is 1. The third kappa shape index (κ3) is 2.61. The van der Waals surface area contributed by atoms with Crippen molar-refractivity contribution in [2.45, 2.75) is 38.9 Å². The first-order valence-electron chi connectivity index (χ1n) is 5.95. The van der Waals surface area contributed by atoms with Crippen LogP contribution in [0.25, 0.3) is 0 Å². The molecule has 2 heterocycles. The maximum absolute atomic E-state index is 11.2. The molecule has 0 saturated carbocycles. The van der Waals surface area contributed by atoms with E-state index in [1.165, 1.54) is 12.1 Å². The molecule has 0 unspecified atom stereocenters. The predicted molar refractivity (Wildman–Crippen MR) is 73.5 cm³/mol. The van der Waals surface area contributed by atoms with Crippen LogP contribution in [-0.2, 0) is 9.31 Å². The van der Waals surface area contributed by atoms with Gasteiger partial charge in [0.05, 0.1) is 16.8 Å². The van der Waals surface area contributed by atoms with Gasteiger partial charge in [-0.1, -0.05) is 11.6 Å². The summed E-state index contributed by atoms with van der Waals surface area (Å²) in [4.78, 5) is 15.4. The number of hydrogen-bond acceptors (Lipinski definition) is 4. The van der Waals surface area contributed by atoms with Gasteiger partial charge < -0.3 is 15.0 Å². The molecule has 0 aromatic carbocycles. The first kappa shape index (κ1) is 14.3. The van der Waals surface area contributed by atoms with Crippen LogP contribution in [0.15, 0.2) is 12.1 Å². The summed E-state index contributed by atoms with van der Waals surface area (Å²) in [5.74, 6) is -0.568. The highest BCUT2D eigenvalue weighted by Crippen LogP contribution is 2.36. The van der Waals surface area contributed by atoms with E-state index >= 15 is 0 Å². The van der Waals surface area contributed by atoms with Crippen LogP contribution in [0.4, 0.5) is 0 Å². The Morgan fingerprint density at radius 3 is 2.26 bits per heavy atom. The Hall–Kier alpha value is -1.11. The molecule has 19 heavy (non-hydrogen) atoms. The molecule has 0 bridgehead atoms. The molecule has 5 nitrogen and oxygen atoms in total. The molecule has 0 spiro atoms. The molecule has 1 aliphatic rings. The quantitative estimate of drug-likeness (QED) is 0.652. The molecule has 1 aromatic heterocycles. The Morgan fingerprint density at radius 2 is 1.79 bits per heavy atom. The van der Waals surface area contributed by atoms with Crippen molar-refractivity contribution in [1.29, 1.82) is 0 Å². The first-order valence-corrected chi connectivity index (χ1v) is 6.33. The second-order valence-electron chi connectivity index (χ2n) is 5.56. The Morgan fingerprint density at radius 1 is 1.26 bits per heavy atom. The van der Waals surface area contributed by atoms with Crippen LogP contribution in [0.5, 0.6) is 0 Å². The lowest BCUT2D eigenvalue weighted by Crippen LogP contribution is -2.41. The van der Waals surface area contributed by atoms with Crippen LogP contribution in [0.3, 0.4) is 0 Å².